The lowest BCUT2D eigenvalue weighted by molar-refractivity contribution is -0.170. The molecular weight excluding hydrogens is 404 g/mol. The van der Waals surface area contributed by atoms with Gasteiger partial charge in [0.25, 0.3) is 0 Å². The minimum Gasteiger partial charge on any atom is -0.374 e. The van der Waals surface area contributed by atoms with Crippen molar-refractivity contribution < 1.29 is 23.7 Å². The highest BCUT2D eigenvalue weighted by Crippen LogP contribution is 2.29. The Balaban J connectivity index is 1.42. The predicted octanol–water partition coefficient (Wildman–Crippen LogP) is 4.75. The van der Waals surface area contributed by atoms with Crippen LogP contribution in [0.4, 0.5) is 0 Å². The van der Waals surface area contributed by atoms with Crippen LogP contribution in [0.25, 0.3) is 0 Å². The van der Waals surface area contributed by atoms with E-state index in [1.54, 1.807) is 7.11 Å². The highest BCUT2D eigenvalue weighted by molar-refractivity contribution is 5.15. The molecule has 0 aliphatic carbocycles. The van der Waals surface area contributed by atoms with Gasteiger partial charge in [0.2, 0.25) is 0 Å². The van der Waals surface area contributed by atoms with Crippen molar-refractivity contribution in [1.29, 1.82) is 0 Å². The minimum atomic E-state index is -0.523. The van der Waals surface area contributed by atoms with E-state index < -0.39 is 6.29 Å². The third kappa shape index (κ3) is 6.25. The molecule has 3 aromatic carbocycles. The van der Waals surface area contributed by atoms with Gasteiger partial charge in [-0.3, -0.25) is 0 Å². The highest BCUT2D eigenvalue weighted by atomic mass is 16.7. The fourth-order valence-corrected chi connectivity index (χ4v) is 3.79. The zero-order valence-electron chi connectivity index (χ0n) is 18.3. The molecule has 0 spiro atoms. The summed E-state index contributed by atoms with van der Waals surface area (Å²) in [5, 5.41) is 0. The molecule has 3 aromatic rings. The normalized spacial score (nSPS) is 22.8. The SMILES string of the molecule is COC1O[C@@H](COCc2ccccc2)[C@@H](OCc2ccccc2)[C@H]1OCc1ccccc1. The Hall–Kier alpha value is -2.54. The molecule has 0 aromatic heterocycles. The molecule has 5 nitrogen and oxygen atoms in total. The Labute approximate surface area is 189 Å². The van der Waals surface area contributed by atoms with Crippen LogP contribution in [0.1, 0.15) is 16.7 Å². The van der Waals surface area contributed by atoms with Gasteiger partial charge >= 0.3 is 0 Å². The van der Waals surface area contributed by atoms with Gasteiger partial charge in [-0.1, -0.05) is 91.0 Å². The summed E-state index contributed by atoms with van der Waals surface area (Å²) in [6, 6.07) is 30.3. The molecule has 0 amide bonds. The van der Waals surface area contributed by atoms with Crippen LogP contribution in [0.2, 0.25) is 0 Å². The van der Waals surface area contributed by atoms with Crippen LogP contribution < -0.4 is 0 Å². The average Bonchev–Trinajstić information content (AvgIpc) is 3.19. The van der Waals surface area contributed by atoms with Gasteiger partial charge in [-0.15, -0.1) is 0 Å². The largest absolute Gasteiger partial charge is 0.374 e. The molecule has 0 N–H and O–H groups in total. The second-order valence-electron chi connectivity index (χ2n) is 7.80. The van der Waals surface area contributed by atoms with Crippen LogP contribution in [0.15, 0.2) is 91.0 Å². The van der Waals surface area contributed by atoms with Gasteiger partial charge in [-0.25, -0.2) is 0 Å². The van der Waals surface area contributed by atoms with Gasteiger partial charge in [0.05, 0.1) is 26.4 Å². The summed E-state index contributed by atoms with van der Waals surface area (Å²) < 4.78 is 30.3. The van der Waals surface area contributed by atoms with E-state index in [-0.39, 0.29) is 18.3 Å². The molecule has 4 atom stereocenters. The van der Waals surface area contributed by atoms with E-state index in [1.165, 1.54) is 0 Å². The Morgan fingerprint density at radius 3 is 1.59 bits per heavy atom. The van der Waals surface area contributed by atoms with Gasteiger partial charge in [-0.05, 0) is 16.7 Å². The Bertz CT molecular complexity index is 903. The lowest BCUT2D eigenvalue weighted by Gasteiger charge is -2.24. The second kappa shape index (κ2) is 11.9. The van der Waals surface area contributed by atoms with Gasteiger partial charge in [0, 0.05) is 7.11 Å². The van der Waals surface area contributed by atoms with Gasteiger partial charge in [0.1, 0.15) is 18.3 Å². The first-order chi connectivity index (χ1) is 15.8. The summed E-state index contributed by atoms with van der Waals surface area (Å²) >= 11 is 0. The fraction of sp³-hybridized carbons (Fsp3) is 0.333. The van der Waals surface area contributed by atoms with Crippen molar-refractivity contribution in [3.8, 4) is 0 Å². The molecule has 1 aliphatic rings. The molecule has 1 aliphatic heterocycles. The molecule has 0 bridgehead atoms. The number of hydrogen-bond donors (Lipinski definition) is 0. The molecule has 1 heterocycles. The Morgan fingerprint density at radius 1 is 0.625 bits per heavy atom. The summed E-state index contributed by atoms with van der Waals surface area (Å²) in [5.41, 5.74) is 3.31. The monoisotopic (exact) mass is 434 g/mol. The zero-order chi connectivity index (χ0) is 22.0. The first-order valence-corrected chi connectivity index (χ1v) is 10.9. The number of methoxy groups -OCH3 is 1. The molecule has 0 saturated carbocycles. The molecule has 1 saturated heterocycles. The van der Waals surface area contributed by atoms with Crippen molar-refractivity contribution in [3.05, 3.63) is 108 Å². The first kappa shape index (κ1) is 22.6. The van der Waals surface area contributed by atoms with E-state index in [2.05, 4.69) is 0 Å². The van der Waals surface area contributed by atoms with Gasteiger partial charge < -0.3 is 23.7 Å². The van der Waals surface area contributed by atoms with Crippen LogP contribution in [-0.4, -0.2) is 38.3 Å². The van der Waals surface area contributed by atoms with Crippen molar-refractivity contribution in [2.24, 2.45) is 0 Å². The summed E-state index contributed by atoms with van der Waals surface area (Å²) in [5.74, 6) is 0. The number of hydrogen-bond acceptors (Lipinski definition) is 5. The summed E-state index contributed by atoms with van der Waals surface area (Å²) in [6.45, 7) is 1.82. The molecule has 168 valence electrons. The summed E-state index contributed by atoms with van der Waals surface area (Å²) in [6.07, 6.45) is -1.51. The number of ether oxygens (including phenoxy) is 5. The van der Waals surface area contributed by atoms with Crippen LogP contribution >= 0.6 is 0 Å². The van der Waals surface area contributed by atoms with Gasteiger partial charge in [0.15, 0.2) is 6.29 Å². The van der Waals surface area contributed by atoms with Crippen molar-refractivity contribution in [3.63, 3.8) is 0 Å². The van der Waals surface area contributed by atoms with Crippen LogP contribution in [-0.2, 0) is 43.5 Å². The van der Waals surface area contributed by atoms with Crippen LogP contribution in [0.5, 0.6) is 0 Å². The molecular formula is C27H30O5. The standard InChI is InChI=1S/C27H30O5/c1-28-27-26(31-19-23-15-9-4-10-16-23)25(30-18-22-13-7-3-8-14-22)24(32-27)20-29-17-21-11-5-2-6-12-21/h2-16,24-27H,17-20H2,1H3/t24-,25+,26+,27?/m0/s1. The number of rotatable bonds is 11. The van der Waals surface area contributed by atoms with Crippen LogP contribution in [0, 0.1) is 0 Å². The lowest BCUT2D eigenvalue weighted by Crippen LogP contribution is -2.39. The number of benzene rings is 3. The minimum absolute atomic E-state index is 0.298. The lowest BCUT2D eigenvalue weighted by atomic mass is 10.1. The topological polar surface area (TPSA) is 46.2 Å². The molecule has 0 radical (unpaired) electrons. The molecule has 32 heavy (non-hydrogen) atoms. The maximum atomic E-state index is 6.33. The maximum Gasteiger partial charge on any atom is 0.186 e. The van der Waals surface area contributed by atoms with Crippen molar-refractivity contribution in [2.75, 3.05) is 13.7 Å². The second-order valence-corrected chi connectivity index (χ2v) is 7.80. The smallest absolute Gasteiger partial charge is 0.186 e. The Morgan fingerprint density at radius 2 is 1.09 bits per heavy atom. The van der Waals surface area contributed by atoms with E-state index in [0.29, 0.717) is 26.4 Å². The van der Waals surface area contributed by atoms with E-state index in [9.17, 15) is 0 Å². The average molecular weight is 435 g/mol. The molecule has 1 fully saturated rings. The quantitative estimate of drug-likeness (QED) is 0.436. The molecule has 1 unspecified atom stereocenters. The van der Waals surface area contributed by atoms with Crippen molar-refractivity contribution in [1.82, 2.24) is 0 Å². The maximum absolute atomic E-state index is 6.33. The van der Waals surface area contributed by atoms with Crippen LogP contribution in [0.3, 0.4) is 0 Å². The molecule has 5 heteroatoms. The van der Waals surface area contributed by atoms with Crippen molar-refractivity contribution >= 4 is 0 Å². The first-order valence-electron chi connectivity index (χ1n) is 10.9. The van der Waals surface area contributed by atoms with E-state index in [1.807, 2.05) is 91.0 Å². The fourth-order valence-electron chi connectivity index (χ4n) is 3.79. The van der Waals surface area contributed by atoms with Gasteiger partial charge in [-0.2, -0.15) is 0 Å². The van der Waals surface area contributed by atoms with E-state index in [0.717, 1.165) is 16.7 Å². The predicted molar refractivity (Wildman–Crippen MR) is 122 cm³/mol. The highest BCUT2D eigenvalue weighted by Gasteiger charge is 2.46. The van der Waals surface area contributed by atoms with Crippen molar-refractivity contribution in [2.45, 2.75) is 44.4 Å². The zero-order valence-corrected chi connectivity index (χ0v) is 18.3. The summed E-state index contributed by atoms with van der Waals surface area (Å²) in [7, 11) is 1.63. The Kier molecular flexibility index (Phi) is 8.42. The van der Waals surface area contributed by atoms with E-state index in [4.69, 9.17) is 23.7 Å². The molecule has 4 rings (SSSR count). The summed E-state index contributed by atoms with van der Waals surface area (Å²) in [4.78, 5) is 0. The third-order valence-electron chi connectivity index (χ3n) is 5.46. The third-order valence-corrected chi connectivity index (χ3v) is 5.46. The van der Waals surface area contributed by atoms with E-state index >= 15 is 0 Å².